The van der Waals surface area contributed by atoms with Crippen LogP contribution in [0.5, 0.6) is 0 Å². The molecule has 1 heterocycles. The van der Waals surface area contributed by atoms with E-state index in [-0.39, 0.29) is 19.1 Å². The van der Waals surface area contributed by atoms with Crippen molar-refractivity contribution in [1.82, 2.24) is 4.31 Å². The van der Waals surface area contributed by atoms with Gasteiger partial charge in [-0.25, -0.2) is 8.42 Å². The first kappa shape index (κ1) is 14.4. The van der Waals surface area contributed by atoms with Gasteiger partial charge in [-0.3, -0.25) is 4.79 Å². The number of ether oxygens (including phenoxy) is 1. The molecule has 0 radical (unpaired) electrons. The normalized spacial score (nSPS) is 26.8. The van der Waals surface area contributed by atoms with Gasteiger partial charge in [0.15, 0.2) is 5.75 Å². The van der Waals surface area contributed by atoms with Gasteiger partial charge in [-0.15, -0.1) is 0 Å². The van der Waals surface area contributed by atoms with Crippen molar-refractivity contribution in [3.05, 3.63) is 0 Å². The van der Waals surface area contributed by atoms with Crippen molar-refractivity contribution in [1.29, 1.82) is 0 Å². The first-order chi connectivity index (χ1) is 7.86. The summed E-state index contributed by atoms with van der Waals surface area (Å²) in [6.45, 7) is 4.06. The molecule has 0 bridgehead atoms. The van der Waals surface area contributed by atoms with Crippen molar-refractivity contribution in [2.75, 3.05) is 25.4 Å². The van der Waals surface area contributed by atoms with Gasteiger partial charge in [0.1, 0.15) is 0 Å². The van der Waals surface area contributed by atoms with E-state index in [1.165, 1.54) is 0 Å². The summed E-state index contributed by atoms with van der Waals surface area (Å²) in [6, 6.07) is 0. The summed E-state index contributed by atoms with van der Waals surface area (Å²) in [5.41, 5.74) is 0. The minimum absolute atomic E-state index is 0.0584. The Hall–Kier alpha value is -0.660. The maximum atomic E-state index is 11.8. The van der Waals surface area contributed by atoms with Crippen molar-refractivity contribution < 1.29 is 23.1 Å². The highest BCUT2D eigenvalue weighted by atomic mass is 32.2. The number of piperidine rings is 1. The minimum atomic E-state index is -3.66. The summed E-state index contributed by atoms with van der Waals surface area (Å²) in [5, 5.41) is 9.63. The fraction of sp³-hybridized carbons (Fsp3) is 0.900. The third-order valence-electron chi connectivity index (χ3n) is 2.88. The standard InChI is InChI=1S/C10H19NO5S/c1-3-16-10(13)7-17(14,15)11-5-4-8(2)9(12)6-11/h8-9,12H,3-7H2,1-2H3. The van der Waals surface area contributed by atoms with Crippen molar-refractivity contribution in [3.8, 4) is 0 Å². The molecule has 0 aliphatic carbocycles. The third-order valence-corrected chi connectivity index (χ3v) is 4.60. The number of carbonyl (C=O) groups excluding carboxylic acids is 1. The molecule has 1 saturated heterocycles. The largest absolute Gasteiger partial charge is 0.465 e. The van der Waals surface area contributed by atoms with Crippen LogP contribution in [-0.2, 0) is 19.6 Å². The van der Waals surface area contributed by atoms with Gasteiger partial charge in [0, 0.05) is 13.1 Å². The maximum absolute atomic E-state index is 11.8. The minimum Gasteiger partial charge on any atom is -0.465 e. The molecular weight excluding hydrogens is 246 g/mol. The van der Waals surface area contributed by atoms with E-state index in [0.717, 1.165) is 4.31 Å². The van der Waals surface area contributed by atoms with E-state index in [1.807, 2.05) is 6.92 Å². The lowest BCUT2D eigenvalue weighted by atomic mass is 9.98. The molecular formula is C10H19NO5S. The summed E-state index contributed by atoms with van der Waals surface area (Å²) in [7, 11) is -3.66. The second-order valence-electron chi connectivity index (χ2n) is 4.25. The van der Waals surface area contributed by atoms with Crippen LogP contribution in [0.3, 0.4) is 0 Å². The van der Waals surface area contributed by atoms with Crippen LogP contribution in [0, 0.1) is 5.92 Å². The van der Waals surface area contributed by atoms with E-state index in [4.69, 9.17) is 0 Å². The van der Waals surface area contributed by atoms with Crippen LogP contribution in [0.4, 0.5) is 0 Å². The number of rotatable bonds is 4. The molecule has 0 saturated carbocycles. The smallest absolute Gasteiger partial charge is 0.322 e. The highest BCUT2D eigenvalue weighted by Gasteiger charge is 2.33. The SMILES string of the molecule is CCOC(=O)CS(=O)(=O)N1CCC(C)C(O)C1. The van der Waals surface area contributed by atoms with Crippen LogP contribution in [0.1, 0.15) is 20.3 Å². The Morgan fingerprint density at radius 1 is 1.53 bits per heavy atom. The Morgan fingerprint density at radius 3 is 2.71 bits per heavy atom. The molecule has 2 atom stereocenters. The van der Waals surface area contributed by atoms with Crippen LogP contribution < -0.4 is 0 Å². The van der Waals surface area contributed by atoms with Gasteiger partial charge < -0.3 is 9.84 Å². The first-order valence-corrected chi connectivity index (χ1v) is 7.29. The number of aliphatic hydroxyl groups is 1. The number of hydrogen-bond acceptors (Lipinski definition) is 5. The van der Waals surface area contributed by atoms with Crippen molar-refractivity contribution >= 4 is 16.0 Å². The molecule has 6 nitrogen and oxygen atoms in total. The zero-order valence-corrected chi connectivity index (χ0v) is 10.9. The Labute approximate surface area is 102 Å². The lowest BCUT2D eigenvalue weighted by molar-refractivity contribution is -0.140. The molecule has 0 aromatic rings. The summed E-state index contributed by atoms with van der Waals surface area (Å²) in [4.78, 5) is 11.2. The molecule has 0 spiro atoms. The van der Waals surface area contributed by atoms with Crippen LogP contribution in [0.15, 0.2) is 0 Å². The van der Waals surface area contributed by atoms with Crippen molar-refractivity contribution in [3.63, 3.8) is 0 Å². The zero-order chi connectivity index (χ0) is 13.1. The van der Waals surface area contributed by atoms with Gasteiger partial charge >= 0.3 is 5.97 Å². The Bertz CT molecular complexity index is 367. The molecule has 7 heteroatoms. The van der Waals surface area contributed by atoms with Crippen molar-refractivity contribution in [2.24, 2.45) is 5.92 Å². The lowest BCUT2D eigenvalue weighted by Crippen LogP contribution is -2.47. The number of nitrogens with zero attached hydrogens (tertiary/aromatic N) is 1. The molecule has 1 aliphatic rings. The van der Waals surface area contributed by atoms with Crippen LogP contribution >= 0.6 is 0 Å². The lowest BCUT2D eigenvalue weighted by Gasteiger charge is -2.33. The number of β-amino-alcohol motifs (C(OH)–C–C–N with tert-alkyl or cyclic N) is 1. The molecule has 100 valence electrons. The average Bonchev–Trinajstić information content (AvgIpc) is 2.21. The van der Waals surface area contributed by atoms with Crippen LogP contribution in [-0.4, -0.2) is 55.4 Å². The molecule has 1 rings (SSSR count). The van der Waals surface area contributed by atoms with Gasteiger partial charge in [0.05, 0.1) is 12.7 Å². The second kappa shape index (κ2) is 5.79. The molecule has 0 aromatic heterocycles. The molecule has 1 aliphatic heterocycles. The van der Waals surface area contributed by atoms with E-state index in [9.17, 15) is 18.3 Å². The van der Waals surface area contributed by atoms with E-state index >= 15 is 0 Å². The Balaban J connectivity index is 2.62. The van der Waals surface area contributed by atoms with Gasteiger partial charge in [-0.2, -0.15) is 4.31 Å². The first-order valence-electron chi connectivity index (χ1n) is 5.68. The highest BCUT2D eigenvalue weighted by molar-refractivity contribution is 7.89. The van der Waals surface area contributed by atoms with Gasteiger partial charge in [-0.1, -0.05) is 6.92 Å². The molecule has 0 aromatic carbocycles. The second-order valence-corrected chi connectivity index (χ2v) is 6.22. The molecule has 1 fully saturated rings. The molecule has 2 unspecified atom stereocenters. The van der Waals surface area contributed by atoms with E-state index in [0.29, 0.717) is 13.0 Å². The number of aliphatic hydroxyl groups excluding tert-OH is 1. The van der Waals surface area contributed by atoms with Crippen LogP contribution in [0.25, 0.3) is 0 Å². The highest BCUT2D eigenvalue weighted by Crippen LogP contribution is 2.19. The van der Waals surface area contributed by atoms with Crippen LogP contribution in [0.2, 0.25) is 0 Å². The Morgan fingerprint density at radius 2 is 2.18 bits per heavy atom. The fourth-order valence-electron chi connectivity index (χ4n) is 1.72. The maximum Gasteiger partial charge on any atom is 0.322 e. The van der Waals surface area contributed by atoms with Crippen molar-refractivity contribution in [2.45, 2.75) is 26.4 Å². The predicted molar refractivity (Wildman–Crippen MR) is 61.8 cm³/mol. The monoisotopic (exact) mass is 265 g/mol. The van der Waals surface area contributed by atoms with E-state index in [1.54, 1.807) is 6.92 Å². The number of sulfonamides is 1. The van der Waals surface area contributed by atoms with E-state index < -0.39 is 27.8 Å². The molecule has 1 N–H and O–H groups in total. The summed E-state index contributed by atoms with van der Waals surface area (Å²) in [5.74, 6) is -1.31. The van der Waals surface area contributed by atoms with Gasteiger partial charge in [0.25, 0.3) is 0 Å². The summed E-state index contributed by atoms with van der Waals surface area (Å²) >= 11 is 0. The number of hydrogen-bond donors (Lipinski definition) is 1. The predicted octanol–water partition coefficient (Wildman–Crippen LogP) is -0.418. The third kappa shape index (κ3) is 3.93. The summed E-state index contributed by atoms with van der Waals surface area (Å²) in [6.07, 6.45) is -0.0656. The number of carbonyl (C=O) groups is 1. The molecule has 0 amide bonds. The molecule has 17 heavy (non-hydrogen) atoms. The Kier molecular flexibility index (Phi) is 4.91. The quantitative estimate of drug-likeness (QED) is 0.698. The van der Waals surface area contributed by atoms with E-state index in [2.05, 4.69) is 4.74 Å². The average molecular weight is 265 g/mol. The fourth-order valence-corrected chi connectivity index (χ4v) is 3.04. The number of esters is 1. The topological polar surface area (TPSA) is 83.9 Å². The van der Waals surface area contributed by atoms with Gasteiger partial charge in [0.2, 0.25) is 10.0 Å². The summed E-state index contributed by atoms with van der Waals surface area (Å²) < 4.78 is 29.4. The van der Waals surface area contributed by atoms with Gasteiger partial charge in [-0.05, 0) is 19.3 Å². The zero-order valence-electron chi connectivity index (χ0n) is 10.1.